The molecule has 1 amide bonds. The fourth-order valence-electron chi connectivity index (χ4n) is 3.09. The van der Waals surface area contributed by atoms with Crippen molar-refractivity contribution < 1.29 is 22.0 Å². The molecule has 2 aromatic rings. The normalized spacial score (nSPS) is 18.2. The van der Waals surface area contributed by atoms with Crippen molar-refractivity contribution in [2.45, 2.75) is 18.6 Å². The smallest absolute Gasteiger partial charge is 0.228 e. The molecule has 3 rings (SSSR count). The first-order valence-electron chi connectivity index (χ1n) is 8.63. The van der Waals surface area contributed by atoms with Gasteiger partial charge in [0.05, 0.1) is 17.4 Å². The Balaban J connectivity index is 1.66. The first-order valence-corrected chi connectivity index (χ1v) is 10.2. The summed E-state index contributed by atoms with van der Waals surface area (Å²) in [6, 6.07) is 11.1. The second-order valence-electron chi connectivity index (χ2n) is 6.55. The molecule has 1 aliphatic rings. The van der Waals surface area contributed by atoms with Crippen LogP contribution < -0.4 is 5.32 Å². The van der Waals surface area contributed by atoms with Gasteiger partial charge in [-0.05, 0) is 42.7 Å². The van der Waals surface area contributed by atoms with Crippen molar-refractivity contribution in [3.05, 3.63) is 65.7 Å². The summed E-state index contributed by atoms with van der Waals surface area (Å²) in [5.74, 6) is -2.18. The van der Waals surface area contributed by atoms with Crippen molar-refractivity contribution in [2.24, 2.45) is 5.92 Å². The molecular weight excluding hydrogens is 374 g/mol. The van der Waals surface area contributed by atoms with E-state index in [4.69, 9.17) is 0 Å². The second kappa shape index (κ2) is 8.14. The van der Waals surface area contributed by atoms with Crippen molar-refractivity contribution >= 4 is 21.6 Å². The van der Waals surface area contributed by atoms with Crippen LogP contribution in [0.4, 0.5) is 14.5 Å². The van der Waals surface area contributed by atoms with E-state index in [2.05, 4.69) is 5.32 Å². The van der Waals surface area contributed by atoms with Crippen LogP contribution in [0, 0.1) is 17.6 Å². The topological polar surface area (TPSA) is 66.5 Å². The lowest BCUT2D eigenvalue weighted by Gasteiger charge is -2.31. The lowest BCUT2D eigenvalue weighted by atomic mass is 9.98. The largest absolute Gasteiger partial charge is 0.323 e. The molecule has 5 nitrogen and oxygen atoms in total. The number of nitrogens with one attached hydrogen (secondary N) is 1. The molecular formula is C19H20F2N2O3S. The Labute approximate surface area is 157 Å². The summed E-state index contributed by atoms with van der Waals surface area (Å²) >= 11 is 0. The van der Waals surface area contributed by atoms with E-state index in [-0.39, 0.29) is 18.0 Å². The zero-order valence-electron chi connectivity index (χ0n) is 14.6. The van der Waals surface area contributed by atoms with Gasteiger partial charge >= 0.3 is 0 Å². The minimum atomic E-state index is -3.64. The quantitative estimate of drug-likeness (QED) is 0.847. The monoisotopic (exact) mass is 394 g/mol. The average Bonchev–Trinajstić information content (AvgIpc) is 2.65. The standard InChI is InChI=1S/C19H20F2N2O3S/c20-16-9-7-14(8-10-16)13-27(25,26)23-11-3-4-15(12-23)19(24)22-18-6-2-1-5-17(18)21/h1-2,5-10,15H,3-4,11-13H2,(H,22,24). The summed E-state index contributed by atoms with van der Waals surface area (Å²) in [6.07, 6.45) is 1.07. The number of carbonyl (C=O) groups excluding carboxylic acids is 1. The SMILES string of the molecule is O=C(Nc1ccccc1F)C1CCCN(S(=O)(=O)Cc2ccc(F)cc2)C1. The van der Waals surface area contributed by atoms with Crippen LogP contribution in [-0.2, 0) is 20.6 Å². The van der Waals surface area contributed by atoms with Gasteiger partial charge in [0.1, 0.15) is 11.6 Å². The molecule has 144 valence electrons. The van der Waals surface area contributed by atoms with Crippen molar-refractivity contribution in [1.82, 2.24) is 4.31 Å². The van der Waals surface area contributed by atoms with E-state index in [1.165, 1.54) is 46.8 Å². The Morgan fingerprint density at radius 3 is 2.52 bits per heavy atom. The van der Waals surface area contributed by atoms with Crippen molar-refractivity contribution in [3.63, 3.8) is 0 Å². The van der Waals surface area contributed by atoms with Crippen LogP contribution >= 0.6 is 0 Å². The predicted octanol–water partition coefficient (Wildman–Crippen LogP) is 3.15. The van der Waals surface area contributed by atoms with Gasteiger partial charge in [-0.2, -0.15) is 0 Å². The molecule has 8 heteroatoms. The highest BCUT2D eigenvalue weighted by atomic mass is 32.2. The fourth-order valence-corrected chi connectivity index (χ4v) is 4.70. The van der Waals surface area contributed by atoms with Crippen molar-refractivity contribution in [1.29, 1.82) is 0 Å². The second-order valence-corrected chi connectivity index (χ2v) is 8.52. The van der Waals surface area contributed by atoms with E-state index >= 15 is 0 Å². The lowest BCUT2D eigenvalue weighted by molar-refractivity contribution is -0.120. The van der Waals surface area contributed by atoms with E-state index in [0.717, 1.165) is 0 Å². The van der Waals surface area contributed by atoms with E-state index in [1.54, 1.807) is 6.07 Å². The molecule has 27 heavy (non-hydrogen) atoms. The molecule has 1 aliphatic heterocycles. The minimum absolute atomic E-state index is 0.0455. The van der Waals surface area contributed by atoms with Gasteiger partial charge in [-0.15, -0.1) is 0 Å². The number of amides is 1. The van der Waals surface area contributed by atoms with Crippen molar-refractivity contribution in [2.75, 3.05) is 18.4 Å². The molecule has 0 aliphatic carbocycles. The Hall–Kier alpha value is -2.32. The summed E-state index contributed by atoms with van der Waals surface area (Å²) in [4.78, 5) is 12.4. The number of hydrogen-bond acceptors (Lipinski definition) is 3. The Morgan fingerprint density at radius 1 is 1.11 bits per heavy atom. The third-order valence-corrected chi connectivity index (χ3v) is 6.36. The maximum atomic E-state index is 13.7. The number of rotatable bonds is 5. The molecule has 1 atom stereocenters. The fraction of sp³-hybridized carbons (Fsp3) is 0.316. The lowest BCUT2D eigenvalue weighted by Crippen LogP contribution is -2.44. The highest BCUT2D eigenvalue weighted by Gasteiger charge is 2.32. The van der Waals surface area contributed by atoms with Gasteiger partial charge in [-0.1, -0.05) is 24.3 Å². The number of carbonyl (C=O) groups is 1. The van der Waals surface area contributed by atoms with Gasteiger partial charge < -0.3 is 5.32 Å². The third kappa shape index (κ3) is 4.90. The van der Waals surface area contributed by atoms with Crippen molar-refractivity contribution in [3.8, 4) is 0 Å². The van der Waals surface area contributed by atoms with Gasteiger partial charge in [0.2, 0.25) is 15.9 Å². The van der Waals surface area contributed by atoms with E-state index in [0.29, 0.717) is 24.9 Å². The summed E-state index contributed by atoms with van der Waals surface area (Å²) in [7, 11) is -3.64. The molecule has 0 spiro atoms. The molecule has 1 heterocycles. The van der Waals surface area contributed by atoms with E-state index in [1.807, 2.05) is 0 Å². The van der Waals surface area contributed by atoms with Crippen LogP contribution in [-0.4, -0.2) is 31.7 Å². The number of hydrogen-bond donors (Lipinski definition) is 1. The molecule has 1 fully saturated rings. The maximum Gasteiger partial charge on any atom is 0.228 e. The number of anilines is 1. The molecule has 0 bridgehead atoms. The van der Waals surface area contributed by atoms with Gasteiger partial charge in [-0.3, -0.25) is 4.79 Å². The Bertz CT molecular complexity index is 917. The summed E-state index contributed by atoms with van der Waals surface area (Å²) < 4.78 is 53.3. The highest BCUT2D eigenvalue weighted by Crippen LogP contribution is 2.23. The third-order valence-electron chi connectivity index (χ3n) is 4.54. The number of piperidine rings is 1. The summed E-state index contributed by atoms with van der Waals surface area (Å²) in [5, 5.41) is 2.53. The molecule has 2 aromatic carbocycles. The molecule has 1 saturated heterocycles. The number of para-hydroxylation sites is 1. The molecule has 0 aromatic heterocycles. The van der Waals surface area contributed by atoms with E-state index < -0.39 is 33.5 Å². The Kier molecular flexibility index (Phi) is 5.86. The summed E-state index contributed by atoms with van der Waals surface area (Å²) in [6.45, 7) is 0.372. The van der Waals surface area contributed by atoms with Crippen LogP contribution in [0.3, 0.4) is 0 Å². The zero-order valence-corrected chi connectivity index (χ0v) is 15.4. The van der Waals surface area contributed by atoms with Gasteiger partial charge in [-0.25, -0.2) is 21.5 Å². The first-order chi connectivity index (χ1) is 12.8. The molecule has 0 radical (unpaired) electrons. The number of halogens is 2. The first kappa shape index (κ1) is 19.4. The van der Waals surface area contributed by atoms with Crippen LogP contribution in [0.1, 0.15) is 18.4 Å². The molecule has 1 unspecified atom stereocenters. The number of nitrogens with zero attached hydrogens (tertiary/aromatic N) is 1. The maximum absolute atomic E-state index is 13.7. The van der Waals surface area contributed by atoms with Crippen LogP contribution in [0.25, 0.3) is 0 Å². The van der Waals surface area contributed by atoms with Crippen LogP contribution in [0.5, 0.6) is 0 Å². The number of benzene rings is 2. The summed E-state index contributed by atoms with van der Waals surface area (Å²) in [5.41, 5.74) is 0.558. The minimum Gasteiger partial charge on any atom is -0.323 e. The average molecular weight is 394 g/mol. The van der Waals surface area contributed by atoms with Gasteiger partial charge in [0.15, 0.2) is 0 Å². The molecule has 1 N–H and O–H groups in total. The van der Waals surface area contributed by atoms with E-state index in [9.17, 15) is 22.0 Å². The predicted molar refractivity (Wildman–Crippen MR) is 98.4 cm³/mol. The van der Waals surface area contributed by atoms with Gasteiger partial charge in [0.25, 0.3) is 0 Å². The van der Waals surface area contributed by atoms with Crippen LogP contribution in [0.2, 0.25) is 0 Å². The Morgan fingerprint density at radius 2 is 1.81 bits per heavy atom. The van der Waals surface area contributed by atoms with Gasteiger partial charge in [0, 0.05) is 13.1 Å². The number of sulfonamides is 1. The highest BCUT2D eigenvalue weighted by molar-refractivity contribution is 7.88. The zero-order chi connectivity index (χ0) is 19.4. The molecule has 0 saturated carbocycles. The van der Waals surface area contributed by atoms with Crippen LogP contribution in [0.15, 0.2) is 48.5 Å².